The number of aliphatic carboxylic acids is 2. The number of anilines is 1. The molecule has 0 aromatic heterocycles. The van der Waals surface area contributed by atoms with Crippen LogP contribution in [0.1, 0.15) is 6.92 Å². The molecule has 0 aliphatic carbocycles. The number of rotatable bonds is 5. The molecule has 1 amide bonds. The van der Waals surface area contributed by atoms with Gasteiger partial charge < -0.3 is 14.9 Å². The maximum atomic E-state index is 13.0. The molecule has 0 bridgehead atoms. The van der Waals surface area contributed by atoms with E-state index < -0.39 is 41.0 Å². The molecule has 116 valence electrons. The summed E-state index contributed by atoms with van der Waals surface area (Å²) in [5.41, 5.74) is -0.587. The summed E-state index contributed by atoms with van der Waals surface area (Å²) >= 11 is 0. The van der Waals surface area contributed by atoms with Gasteiger partial charge in [-0.1, -0.05) is 0 Å². The van der Waals surface area contributed by atoms with Gasteiger partial charge in [0.2, 0.25) is 0 Å². The third kappa shape index (κ3) is 2.50. The third-order valence-corrected chi connectivity index (χ3v) is 3.05. The average molecular weight is 309 g/mol. The Hall–Kier alpha value is -2.90. The number of hydrogen-bond donors (Lipinski definition) is 2. The first-order chi connectivity index (χ1) is 10.4. The zero-order chi connectivity index (χ0) is 16.4. The fraction of sp³-hybridized carbons (Fsp3) is 0.214. The van der Waals surface area contributed by atoms with Crippen molar-refractivity contribution in [3.8, 4) is 0 Å². The number of amides is 1. The molecule has 1 aliphatic heterocycles. The van der Waals surface area contributed by atoms with E-state index in [-0.39, 0.29) is 12.3 Å². The van der Waals surface area contributed by atoms with Crippen molar-refractivity contribution in [1.29, 1.82) is 0 Å². The standard InChI is InChI=1S/C14H12FNO6/c1-2-22-11-9(13(18)19)10(14(20)21)16(12(11)17)8-5-3-7(15)4-6-8/h3-6,10H,2H2,1H3,(H,18,19)(H,20,21). The lowest BCUT2D eigenvalue weighted by molar-refractivity contribution is -0.141. The molecule has 0 spiro atoms. The first-order valence-corrected chi connectivity index (χ1v) is 6.30. The van der Waals surface area contributed by atoms with Gasteiger partial charge in [0, 0.05) is 5.69 Å². The SMILES string of the molecule is CCOC1=C(C(=O)O)C(C(=O)O)N(c2ccc(F)cc2)C1=O. The predicted octanol–water partition coefficient (Wildman–Crippen LogP) is 1.00. The zero-order valence-electron chi connectivity index (χ0n) is 11.4. The van der Waals surface area contributed by atoms with Crippen LogP contribution < -0.4 is 4.90 Å². The van der Waals surface area contributed by atoms with E-state index in [0.717, 1.165) is 17.0 Å². The van der Waals surface area contributed by atoms with Crippen molar-refractivity contribution in [2.45, 2.75) is 13.0 Å². The molecule has 7 nitrogen and oxygen atoms in total. The Morgan fingerprint density at radius 1 is 1.27 bits per heavy atom. The molecule has 1 aliphatic rings. The van der Waals surface area contributed by atoms with Crippen molar-refractivity contribution >= 4 is 23.5 Å². The molecule has 2 N–H and O–H groups in total. The van der Waals surface area contributed by atoms with Gasteiger partial charge in [0.1, 0.15) is 11.4 Å². The summed E-state index contributed by atoms with van der Waals surface area (Å²) in [6.45, 7) is 1.54. The molecule has 0 saturated heterocycles. The minimum Gasteiger partial charge on any atom is -0.488 e. The number of carbonyl (C=O) groups is 3. The quantitative estimate of drug-likeness (QED) is 0.841. The van der Waals surface area contributed by atoms with Crippen LogP contribution in [0.5, 0.6) is 0 Å². The van der Waals surface area contributed by atoms with Gasteiger partial charge in [-0.25, -0.2) is 14.0 Å². The van der Waals surface area contributed by atoms with E-state index in [0.29, 0.717) is 0 Å². The van der Waals surface area contributed by atoms with Crippen molar-refractivity contribution in [2.24, 2.45) is 0 Å². The van der Waals surface area contributed by atoms with E-state index in [4.69, 9.17) is 4.74 Å². The second-order valence-electron chi connectivity index (χ2n) is 4.37. The average Bonchev–Trinajstić information content (AvgIpc) is 2.74. The predicted molar refractivity (Wildman–Crippen MR) is 71.6 cm³/mol. The topological polar surface area (TPSA) is 104 Å². The molecule has 1 heterocycles. The molecule has 2 rings (SSSR count). The molecular weight excluding hydrogens is 297 g/mol. The summed E-state index contributed by atoms with van der Waals surface area (Å²) in [4.78, 5) is 35.9. The first-order valence-electron chi connectivity index (χ1n) is 6.30. The van der Waals surface area contributed by atoms with Crippen molar-refractivity contribution in [3.63, 3.8) is 0 Å². The van der Waals surface area contributed by atoms with Gasteiger partial charge in [-0.3, -0.25) is 9.69 Å². The van der Waals surface area contributed by atoms with E-state index in [1.165, 1.54) is 19.1 Å². The van der Waals surface area contributed by atoms with E-state index in [1.54, 1.807) is 0 Å². The molecule has 22 heavy (non-hydrogen) atoms. The summed E-state index contributed by atoms with van der Waals surface area (Å²) in [7, 11) is 0. The monoisotopic (exact) mass is 309 g/mol. The van der Waals surface area contributed by atoms with Gasteiger partial charge in [0.05, 0.1) is 6.61 Å². The minimum atomic E-state index is -1.74. The minimum absolute atomic E-state index is 0.00144. The van der Waals surface area contributed by atoms with E-state index in [9.17, 15) is 29.0 Å². The summed E-state index contributed by atoms with van der Waals surface area (Å²) in [6.07, 6.45) is 0. The van der Waals surface area contributed by atoms with E-state index >= 15 is 0 Å². The van der Waals surface area contributed by atoms with Gasteiger partial charge >= 0.3 is 11.9 Å². The van der Waals surface area contributed by atoms with Crippen LogP contribution >= 0.6 is 0 Å². The Morgan fingerprint density at radius 2 is 1.86 bits per heavy atom. The Morgan fingerprint density at radius 3 is 2.32 bits per heavy atom. The Labute approximate surface area is 124 Å². The van der Waals surface area contributed by atoms with Crippen molar-refractivity contribution < 1.29 is 33.7 Å². The molecule has 8 heteroatoms. The van der Waals surface area contributed by atoms with Crippen LogP contribution in [0.25, 0.3) is 0 Å². The van der Waals surface area contributed by atoms with Gasteiger partial charge in [0.25, 0.3) is 5.91 Å². The van der Waals surface area contributed by atoms with Crippen molar-refractivity contribution in [1.82, 2.24) is 0 Å². The highest BCUT2D eigenvalue weighted by Gasteiger charge is 2.48. The van der Waals surface area contributed by atoms with Gasteiger partial charge in [0.15, 0.2) is 11.8 Å². The number of halogens is 1. The molecule has 1 unspecified atom stereocenters. The van der Waals surface area contributed by atoms with Crippen molar-refractivity contribution in [3.05, 3.63) is 41.4 Å². The number of nitrogens with zero attached hydrogens (tertiary/aromatic N) is 1. The highest BCUT2D eigenvalue weighted by Crippen LogP contribution is 2.32. The van der Waals surface area contributed by atoms with Gasteiger partial charge in [-0.2, -0.15) is 0 Å². The number of benzene rings is 1. The lowest BCUT2D eigenvalue weighted by Crippen LogP contribution is -2.42. The van der Waals surface area contributed by atoms with Crippen LogP contribution in [0.15, 0.2) is 35.6 Å². The highest BCUT2D eigenvalue weighted by atomic mass is 19.1. The lowest BCUT2D eigenvalue weighted by Gasteiger charge is -2.22. The summed E-state index contributed by atoms with van der Waals surface area (Å²) < 4.78 is 18.0. The summed E-state index contributed by atoms with van der Waals surface area (Å²) in [5.74, 6) is -5.07. The smallest absolute Gasteiger partial charge is 0.338 e. The molecule has 1 aromatic carbocycles. The maximum Gasteiger partial charge on any atom is 0.338 e. The van der Waals surface area contributed by atoms with Crippen LogP contribution in [0, 0.1) is 5.82 Å². The van der Waals surface area contributed by atoms with Crippen LogP contribution in [0.4, 0.5) is 10.1 Å². The van der Waals surface area contributed by atoms with E-state index in [2.05, 4.69) is 0 Å². The molecule has 0 radical (unpaired) electrons. The van der Waals surface area contributed by atoms with Crippen LogP contribution in [-0.2, 0) is 19.1 Å². The number of hydrogen-bond acceptors (Lipinski definition) is 4. The Kier molecular flexibility index (Phi) is 4.11. The number of carboxylic acids is 2. The highest BCUT2D eigenvalue weighted by molar-refractivity contribution is 6.19. The maximum absolute atomic E-state index is 13.0. The molecule has 1 atom stereocenters. The van der Waals surface area contributed by atoms with Crippen LogP contribution in [0.3, 0.4) is 0 Å². The fourth-order valence-corrected chi connectivity index (χ4v) is 2.19. The number of carboxylic acid groups (broad SMARTS) is 2. The molecule has 0 fully saturated rings. The van der Waals surface area contributed by atoms with Gasteiger partial charge in [-0.05, 0) is 31.2 Å². The second-order valence-corrected chi connectivity index (χ2v) is 4.37. The third-order valence-electron chi connectivity index (χ3n) is 3.05. The first kappa shape index (κ1) is 15.5. The molecular formula is C14H12FNO6. The lowest BCUT2D eigenvalue weighted by atomic mass is 10.1. The zero-order valence-corrected chi connectivity index (χ0v) is 11.4. The van der Waals surface area contributed by atoms with Crippen LogP contribution in [-0.4, -0.2) is 40.7 Å². The Bertz CT molecular complexity index is 666. The normalized spacial score (nSPS) is 17.8. The van der Waals surface area contributed by atoms with Crippen molar-refractivity contribution in [2.75, 3.05) is 11.5 Å². The Balaban J connectivity index is 2.57. The summed E-state index contributed by atoms with van der Waals surface area (Å²) in [5, 5.41) is 18.5. The summed E-state index contributed by atoms with van der Waals surface area (Å²) in [6, 6.07) is 2.73. The molecule has 0 saturated carbocycles. The van der Waals surface area contributed by atoms with Crippen LogP contribution in [0.2, 0.25) is 0 Å². The van der Waals surface area contributed by atoms with Gasteiger partial charge in [-0.15, -0.1) is 0 Å². The number of carbonyl (C=O) groups excluding carboxylic acids is 1. The number of ether oxygens (including phenoxy) is 1. The second kappa shape index (κ2) is 5.84. The molecule has 1 aromatic rings. The largest absolute Gasteiger partial charge is 0.488 e. The van der Waals surface area contributed by atoms with E-state index in [1.807, 2.05) is 0 Å². The fourth-order valence-electron chi connectivity index (χ4n) is 2.19.